The lowest BCUT2D eigenvalue weighted by Crippen LogP contribution is -2.06. The molecule has 23 heavy (non-hydrogen) atoms. The number of anilines is 1. The van der Waals surface area contributed by atoms with Gasteiger partial charge in [0.25, 0.3) is 5.69 Å². The largest absolute Gasteiger partial charge is 0.462 e. The van der Waals surface area contributed by atoms with Gasteiger partial charge in [-0.25, -0.2) is 4.79 Å². The maximum Gasteiger partial charge on any atom is 0.338 e. The van der Waals surface area contributed by atoms with Gasteiger partial charge in [0.05, 0.1) is 17.1 Å². The monoisotopic (exact) mass is 314 g/mol. The number of hydrogen-bond donors (Lipinski definition) is 1. The first-order valence-electron chi connectivity index (χ1n) is 7.34. The van der Waals surface area contributed by atoms with Gasteiger partial charge in [0.15, 0.2) is 0 Å². The number of nitro benzene ring substituents is 1. The molecule has 0 radical (unpaired) electrons. The Balaban J connectivity index is 1.95. The molecule has 0 saturated carbocycles. The SMILES string of the molecule is CCCOC(=O)c1ccc(NCc2cccc([N+](=O)[O-])c2)cc1. The third kappa shape index (κ3) is 4.81. The Labute approximate surface area is 134 Å². The van der Waals surface area contributed by atoms with Crippen molar-refractivity contribution in [3.63, 3.8) is 0 Å². The summed E-state index contributed by atoms with van der Waals surface area (Å²) in [5.41, 5.74) is 2.20. The fraction of sp³-hybridized carbons (Fsp3) is 0.235. The van der Waals surface area contributed by atoms with Gasteiger partial charge in [-0.3, -0.25) is 10.1 Å². The van der Waals surface area contributed by atoms with Gasteiger partial charge in [0, 0.05) is 24.4 Å². The van der Waals surface area contributed by atoms with Crippen molar-refractivity contribution in [3.05, 3.63) is 69.8 Å². The van der Waals surface area contributed by atoms with Crippen LogP contribution in [-0.4, -0.2) is 17.5 Å². The van der Waals surface area contributed by atoms with Gasteiger partial charge in [0.1, 0.15) is 0 Å². The van der Waals surface area contributed by atoms with E-state index in [-0.39, 0.29) is 11.7 Å². The number of benzene rings is 2. The average molecular weight is 314 g/mol. The highest BCUT2D eigenvalue weighted by Crippen LogP contribution is 2.16. The van der Waals surface area contributed by atoms with Gasteiger partial charge < -0.3 is 10.1 Å². The van der Waals surface area contributed by atoms with Crippen LogP contribution in [0.5, 0.6) is 0 Å². The maximum absolute atomic E-state index is 11.7. The predicted octanol–water partition coefficient (Wildman–Crippen LogP) is 3.77. The van der Waals surface area contributed by atoms with Crippen LogP contribution in [0.2, 0.25) is 0 Å². The number of nitrogens with one attached hydrogen (secondary N) is 1. The number of ether oxygens (including phenoxy) is 1. The molecular formula is C17H18N2O4. The van der Waals surface area contributed by atoms with Gasteiger partial charge in [-0.15, -0.1) is 0 Å². The van der Waals surface area contributed by atoms with E-state index in [1.807, 2.05) is 13.0 Å². The summed E-state index contributed by atoms with van der Waals surface area (Å²) in [6.45, 7) is 2.81. The van der Waals surface area contributed by atoms with Gasteiger partial charge in [-0.1, -0.05) is 19.1 Å². The fourth-order valence-corrected chi connectivity index (χ4v) is 1.99. The number of carbonyl (C=O) groups is 1. The number of nitro groups is 1. The van der Waals surface area contributed by atoms with Crippen LogP contribution >= 0.6 is 0 Å². The summed E-state index contributed by atoms with van der Waals surface area (Å²) in [5, 5.41) is 13.9. The second kappa shape index (κ2) is 7.93. The first-order chi connectivity index (χ1) is 11.1. The summed E-state index contributed by atoms with van der Waals surface area (Å²) in [6, 6.07) is 13.4. The van der Waals surface area contributed by atoms with E-state index in [9.17, 15) is 14.9 Å². The Morgan fingerprint density at radius 3 is 2.61 bits per heavy atom. The van der Waals surface area contributed by atoms with Crippen LogP contribution in [0.4, 0.5) is 11.4 Å². The summed E-state index contributed by atoms with van der Waals surface area (Å²) in [6.07, 6.45) is 0.786. The van der Waals surface area contributed by atoms with Crippen LogP contribution in [0.15, 0.2) is 48.5 Å². The minimum atomic E-state index is -0.416. The molecule has 0 aliphatic heterocycles. The summed E-state index contributed by atoms with van der Waals surface area (Å²) >= 11 is 0. The highest BCUT2D eigenvalue weighted by molar-refractivity contribution is 5.89. The zero-order valence-electron chi connectivity index (χ0n) is 12.8. The van der Waals surface area contributed by atoms with Crippen LogP contribution in [0, 0.1) is 10.1 Å². The molecule has 0 bridgehead atoms. The molecule has 0 unspecified atom stereocenters. The van der Waals surface area contributed by atoms with E-state index in [0.717, 1.165) is 17.7 Å². The zero-order chi connectivity index (χ0) is 16.7. The van der Waals surface area contributed by atoms with Gasteiger partial charge >= 0.3 is 5.97 Å². The molecule has 6 heteroatoms. The standard InChI is InChI=1S/C17H18N2O4/c1-2-10-23-17(20)14-6-8-15(9-7-14)18-12-13-4-3-5-16(11-13)19(21)22/h3-9,11,18H,2,10,12H2,1H3. The molecule has 120 valence electrons. The van der Waals surface area contributed by atoms with Crippen molar-refractivity contribution in [2.45, 2.75) is 19.9 Å². The first kappa shape index (κ1) is 16.5. The van der Waals surface area contributed by atoms with Crippen molar-refractivity contribution in [1.29, 1.82) is 0 Å². The minimum absolute atomic E-state index is 0.0679. The number of rotatable bonds is 7. The third-order valence-corrected chi connectivity index (χ3v) is 3.18. The normalized spacial score (nSPS) is 10.1. The molecule has 0 fully saturated rings. The van der Waals surface area contributed by atoms with Crippen LogP contribution in [0.3, 0.4) is 0 Å². The van der Waals surface area contributed by atoms with E-state index in [1.165, 1.54) is 12.1 Å². The summed E-state index contributed by atoms with van der Waals surface area (Å²) in [7, 11) is 0. The Morgan fingerprint density at radius 2 is 1.96 bits per heavy atom. The highest BCUT2D eigenvalue weighted by atomic mass is 16.6. The number of esters is 1. The Morgan fingerprint density at radius 1 is 1.22 bits per heavy atom. The quantitative estimate of drug-likeness (QED) is 0.478. The van der Waals surface area contributed by atoms with E-state index in [2.05, 4.69) is 5.32 Å². The van der Waals surface area contributed by atoms with E-state index >= 15 is 0 Å². The Kier molecular flexibility index (Phi) is 5.68. The van der Waals surface area contributed by atoms with Gasteiger partial charge in [-0.2, -0.15) is 0 Å². The average Bonchev–Trinajstić information content (AvgIpc) is 2.58. The van der Waals surface area contributed by atoms with Crippen molar-refractivity contribution in [2.75, 3.05) is 11.9 Å². The summed E-state index contributed by atoms with van der Waals surface area (Å²) < 4.78 is 5.06. The second-order valence-electron chi connectivity index (χ2n) is 4.99. The van der Waals surface area contributed by atoms with Crippen molar-refractivity contribution in [3.8, 4) is 0 Å². The van der Waals surface area contributed by atoms with E-state index in [4.69, 9.17) is 4.74 Å². The zero-order valence-corrected chi connectivity index (χ0v) is 12.8. The van der Waals surface area contributed by atoms with Crippen LogP contribution < -0.4 is 5.32 Å². The van der Waals surface area contributed by atoms with Crippen molar-refractivity contribution in [2.24, 2.45) is 0 Å². The smallest absolute Gasteiger partial charge is 0.338 e. The Bertz CT molecular complexity index is 683. The molecule has 0 heterocycles. The molecule has 2 aromatic carbocycles. The molecule has 0 amide bonds. The van der Waals surface area contributed by atoms with E-state index in [1.54, 1.807) is 30.3 Å². The van der Waals surface area contributed by atoms with Crippen LogP contribution in [0.1, 0.15) is 29.3 Å². The number of nitrogens with zero attached hydrogens (tertiary/aromatic N) is 1. The van der Waals surface area contributed by atoms with Gasteiger partial charge in [-0.05, 0) is 36.2 Å². The maximum atomic E-state index is 11.7. The van der Waals surface area contributed by atoms with E-state index in [0.29, 0.717) is 18.7 Å². The molecule has 0 spiro atoms. The number of hydrogen-bond acceptors (Lipinski definition) is 5. The number of non-ortho nitro benzene ring substituents is 1. The summed E-state index contributed by atoms with van der Waals surface area (Å²) in [4.78, 5) is 22.0. The molecule has 1 N–H and O–H groups in total. The van der Waals surface area contributed by atoms with Crippen molar-refractivity contribution < 1.29 is 14.5 Å². The predicted molar refractivity (Wildman–Crippen MR) is 87.4 cm³/mol. The second-order valence-corrected chi connectivity index (χ2v) is 4.99. The lowest BCUT2D eigenvalue weighted by Gasteiger charge is -2.08. The number of carbonyl (C=O) groups excluding carboxylic acids is 1. The van der Waals surface area contributed by atoms with Gasteiger partial charge in [0.2, 0.25) is 0 Å². The summed E-state index contributed by atoms with van der Waals surface area (Å²) in [5.74, 6) is -0.336. The highest BCUT2D eigenvalue weighted by Gasteiger charge is 2.07. The topological polar surface area (TPSA) is 81.5 Å². The molecule has 2 rings (SSSR count). The van der Waals surface area contributed by atoms with Crippen LogP contribution in [-0.2, 0) is 11.3 Å². The molecule has 0 atom stereocenters. The van der Waals surface area contributed by atoms with Crippen molar-refractivity contribution >= 4 is 17.3 Å². The van der Waals surface area contributed by atoms with Crippen LogP contribution in [0.25, 0.3) is 0 Å². The molecule has 0 aliphatic carbocycles. The Hall–Kier alpha value is -2.89. The lowest BCUT2D eigenvalue weighted by molar-refractivity contribution is -0.384. The third-order valence-electron chi connectivity index (χ3n) is 3.18. The minimum Gasteiger partial charge on any atom is -0.462 e. The van der Waals surface area contributed by atoms with Crippen molar-refractivity contribution in [1.82, 2.24) is 0 Å². The van der Waals surface area contributed by atoms with E-state index < -0.39 is 4.92 Å². The lowest BCUT2D eigenvalue weighted by atomic mass is 10.2. The molecule has 0 aliphatic rings. The molecule has 6 nitrogen and oxygen atoms in total. The molecule has 0 saturated heterocycles. The first-order valence-corrected chi connectivity index (χ1v) is 7.34. The molecule has 0 aromatic heterocycles. The fourth-order valence-electron chi connectivity index (χ4n) is 1.99. The molecule has 2 aromatic rings. The molecular weight excluding hydrogens is 296 g/mol.